The molecule has 1 unspecified atom stereocenters. The van der Waals surface area contributed by atoms with Crippen molar-refractivity contribution < 1.29 is 4.52 Å². The molecule has 0 spiro atoms. The van der Waals surface area contributed by atoms with Gasteiger partial charge in [-0.25, -0.2) is 0 Å². The molecule has 2 aromatic rings. The van der Waals surface area contributed by atoms with Gasteiger partial charge in [0.25, 0.3) is 5.28 Å². The molecule has 1 heterocycles. The van der Waals surface area contributed by atoms with Gasteiger partial charge in [-0.15, -0.1) is 0 Å². The van der Waals surface area contributed by atoms with Crippen LogP contribution in [0, 0.1) is 0 Å². The Morgan fingerprint density at radius 1 is 1.29 bits per heavy atom. The summed E-state index contributed by atoms with van der Waals surface area (Å²) in [6, 6.07) is 9.95. The molecule has 1 aromatic carbocycles. The van der Waals surface area contributed by atoms with E-state index in [2.05, 4.69) is 10.1 Å². The molecule has 72 valence electrons. The summed E-state index contributed by atoms with van der Waals surface area (Å²) >= 11 is 5.58. The highest BCUT2D eigenvalue weighted by molar-refractivity contribution is 6.28. The van der Waals surface area contributed by atoms with Crippen molar-refractivity contribution in [1.82, 2.24) is 10.1 Å². The van der Waals surface area contributed by atoms with Crippen molar-refractivity contribution >= 4 is 11.6 Å². The molecule has 0 saturated carbocycles. The molecule has 14 heavy (non-hydrogen) atoms. The van der Waals surface area contributed by atoms with Crippen LogP contribution in [0.4, 0.5) is 0 Å². The summed E-state index contributed by atoms with van der Waals surface area (Å²) in [6.45, 7) is 2.00. The summed E-state index contributed by atoms with van der Waals surface area (Å²) in [5.74, 6) is 0.623. The van der Waals surface area contributed by atoms with Gasteiger partial charge in [-0.3, -0.25) is 0 Å². The Morgan fingerprint density at radius 3 is 2.57 bits per heavy atom. The van der Waals surface area contributed by atoms with E-state index in [9.17, 15) is 0 Å². The Labute approximate surface area is 86.7 Å². The maximum atomic E-state index is 5.58. The van der Waals surface area contributed by atoms with Crippen LogP contribution in [0.3, 0.4) is 0 Å². The molecule has 1 aromatic heterocycles. The molecule has 0 saturated heterocycles. The monoisotopic (exact) mass is 208 g/mol. The number of hydrogen-bond acceptors (Lipinski definition) is 3. The molecule has 1 atom stereocenters. The molecular formula is C10H9ClN2O. The van der Waals surface area contributed by atoms with E-state index >= 15 is 0 Å². The summed E-state index contributed by atoms with van der Waals surface area (Å²) in [7, 11) is 0. The number of benzene rings is 1. The van der Waals surface area contributed by atoms with E-state index < -0.39 is 0 Å². The Balaban J connectivity index is 2.29. The van der Waals surface area contributed by atoms with E-state index in [0.29, 0.717) is 5.89 Å². The molecule has 0 aliphatic rings. The number of rotatable bonds is 2. The molecule has 0 N–H and O–H groups in total. The minimum absolute atomic E-state index is 0.0798. The van der Waals surface area contributed by atoms with E-state index in [1.54, 1.807) is 0 Å². The van der Waals surface area contributed by atoms with Gasteiger partial charge in [0, 0.05) is 0 Å². The maximum Gasteiger partial charge on any atom is 0.263 e. The Hall–Kier alpha value is -1.35. The molecule has 0 fully saturated rings. The maximum absolute atomic E-state index is 5.58. The standard InChI is InChI=1S/C10H9ClN2O/c1-7(8-5-3-2-4-6-8)9-12-10(11)13-14-9/h2-7H,1H3. The van der Waals surface area contributed by atoms with Crippen molar-refractivity contribution in [3.8, 4) is 0 Å². The average Bonchev–Trinajstić information content (AvgIpc) is 2.65. The average molecular weight is 209 g/mol. The van der Waals surface area contributed by atoms with Gasteiger partial charge in [0.2, 0.25) is 5.89 Å². The predicted octanol–water partition coefficient (Wildman–Crippen LogP) is 2.87. The van der Waals surface area contributed by atoms with Gasteiger partial charge in [-0.2, -0.15) is 4.98 Å². The molecule has 0 aliphatic heterocycles. The highest BCUT2D eigenvalue weighted by Crippen LogP contribution is 2.22. The third-order valence-electron chi connectivity index (χ3n) is 2.09. The van der Waals surface area contributed by atoms with E-state index in [1.807, 2.05) is 37.3 Å². The third kappa shape index (κ3) is 1.77. The Bertz CT molecular complexity index is 413. The van der Waals surface area contributed by atoms with E-state index in [4.69, 9.17) is 16.1 Å². The molecule has 0 aliphatic carbocycles. The zero-order valence-corrected chi connectivity index (χ0v) is 8.40. The smallest absolute Gasteiger partial charge is 0.263 e. The number of hydrogen-bond donors (Lipinski definition) is 0. The van der Waals surface area contributed by atoms with Gasteiger partial charge in [0.15, 0.2) is 0 Å². The second-order valence-corrected chi connectivity index (χ2v) is 3.37. The van der Waals surface area contributed by atoms with Gasteiger partial charge in [0.05, 0.1) is 5.92 Å². The van der Waals surface area contributed by atoms with E-state index in [1.165, 1.54) is 0 Å². The first-order valence-corrected chi connectivity index (χ1v) is 4.69. The van der Waals surface area contributed by atoms with Gasteiger partial charge in [0.1, 0.15) is 0 Å². The molecule has 0 radical (unpaired) electrons. The summed E-state index contributed by atoms with van der Waals surface area (Å²) in [5.41, 5.74) is 1.13. The zero-order chi connectivity index (χ0) is 9.97. The van der Waals surface area contributed by atoms with E-state index in [0.717, 1.165) is 5.56 Å². The second-order valence-electron chi connectivity index (χ2n) is 3.03. The topological polar surface area (TPSA) is 38.9 Å². The first-order chi connectivity index (χ1) is 6.77. The van der Waals surface area contributed by atoms with Crippen molar-refractivity contribution in [2.45, 2.75) is 12.8 Å². The van der Waals surface area contributed by atoms with Gasteiger partial charge < -0.3 is 4.52 Å². The Morgan fingerprint density at radius 2 is 2.00 bits per heavy atom. The molecule has 2 rings (SSSR count). The first kappa shape index (κ1) is 9.21. The highest BCUT2D eigenvalue weighted by Gasteiger charge is 2.14. The lowest BCUT2D eigenvalue weighted by Gasteiger charge is -2.05. The molecule has 4 heteroatoms. The lowest BCUT2D eigenvalue weighted by Crippen LogP contribution is -1.95. The summed E-state index contributed by atoms with van der Waals surface area (Å²) < 4.78 is 4.99. The largest absolute Gasteiger partial charge is 0.337 e. The van der Waals surface area contributed by atoms with Crippen LogP contribution in [0.2, 0.25) is 5.28 Å². The fourth-order valence-electron chi connectivity index (χ4n) is 1.28. The number of nitrogens with zero attached hydrogens (tertiary/aromatic N) is 2. The highest BCUT2D eigenvalue weighted by atomic mass is 35.5. The van der Waals surface area contributed by atoms with Crippen LogP contribution in [0.5, 0.6) is 0 Å². The molecule has 0 bridgehead atoms. The minimum atomic E-state index is 0.0798. The van der Waals surface area contributed by atoms with Crippen LogP contribution in [-0.2, 0) is 0 Å². The van der Waals surface area contributed by atoms with Crippen LogP contribution in [0.1, 0.15) is 24.3 Å². The van der Waals surface area contributed by atoms with Crippen LogP contribution in [0.25, 0.3) is 0 Å². The predicted molar refractivity (Wildman–Crippen MR) is 53.3 cm³/mol. The molecule has 0 amide bonds. The SMILES string of the molecule is CC(c1ccccc1)c1nc(Cl)no1. The van der Waals surface area contributed by atoms with Crippen molar-refractivity contribution in [2.75, 3.05) is 0 Å². The third-order valence-corrected chi connectivity index (χ3v) is 2.24. The van der Waals surface area contributed by atoms with Crippen LogP contribution >= 0.6 is 11.6 Å². The lowest BCUT2D eigenvalue weighted by atomic mass is 10.0. The van der Waals surface area contributed by atoms with Crippen molar-refractivity contribution in [2.24, 2.45) is 0 Å². The number of halogens is 1. The zero-order valence-electron chi connectivity index (χ0n) is 7.64. The van der Waals surface area contributed by atoms with Gasteiger partial charge in [-0.05, 0) is 29.2 Å². The normalized spacial score (nSPS) is 12.7. The fraction of sp³-hybridized carbons (Fsp3) is 0.200. The van der Waals surface area contributed by atoms with Crippen LogP contribution in [0.15, 0.2) is 34.9 Å². The molecular weight excluding hydrogens is 200 g/mol. The van der Waals surface area contributed by atoms with Crippen molar-refractivity contribution in [3.05, 3.63) is 47.1 Å². The van der Waals surface area contributed by atoms with Gasteiger partial charge >= 0.3 is 0 Å². The van der Waals surface area contributed by atoms with Crippen LogP contribution < -0.4 is 0 Å². The quantitative estimate of drug-likeness (QED) is 0.762. The first-order valence-electron chi connectivity index (χ1n) is 4.31. The summed E-state index contributed by atoms with van der Waals surface area (Å²) in [5, 5.41) is 3.70. The van der Waals surface area contributed by atoms with Crippen molar-refractivity contribution in [1.29, 1.82) is 0 Å². The number of aromatic nitrogens is 2. The van der Waals surface area contributed by atoms with E-state index in [-0.39, 0.29) is 11.2 Å². The lowest BCUT2D eigenvalue weighted by molar-refractivity contribution is 0.369. The van der Waals surface area contributed by atoms with Gasteiger partial charge in [-0.1, -0.05) is 30.3 Å². The Kier molecular flexibility index (Phi) is 2.50. The second kappa shape index (κ2) is 3.80. The fourth-order valence-corrected chi connectivity index (χ4v) is 1.39. The summed E-state index contributed by atoms with van der Waals surface area (Å²) in [4.78, 5) is 3.97. The van der Waals surface area contributed by atoms with Crippen molar-refractivity contribution in [3.63, 3.8) is 0 Å². The summed E-state index contributed by atoms with van der Waals surface area (Å²) in [6.07, 6.45) is 0. The van der Waals surface area contributed by atoms with Crippen LogP contribution in [-0.4, -0.2) is 10.1 Å². The minimum Gasteiger partial charge on any atom is -0.337 e. The molecule has 3 nitrogen and oxygen atoms in total.